The molecular formula is C21H19ClN2O5. The van der Waals surface area contributed by atoms with Crippen LogP contribution in [-0.2, 0) is 9.59 Å². The molecule has 8 heteroatoms. The Kier molecular flexibility index (Phi) is 6.86. The van der Waals surface area contributed by atoms with Crippen LogP contribution in [0.3, 0.4) is 0 Å². The van der Waals surface area contributed by atoms with Crippen LogP contribution in [0, 0.1) is 0 Å². The molecule has 1 aromatic heterocycles. The number of anilines is 1. The molecule has 0 fully saturated rings. The smallest absolute Gasteiger partial charge is 0.336 e. The molecule has 3 aromatic rings. The average Bonchev–Trinajstić information content (AvgIpc) is 2.71. The Morgan fingerprint density at radius 1 is 1.00 bits per heavy atom. The number of benzene rings is 2. The van der Waals surface area contributed by atoms with Crippen LogP contribution in [0.15, 0.2) is 63.8 Å². The van der Waals surface area contributed by atoms with Gasteiger partial charge in [0.05, 0.1) is 0 Å². The minimum Gasteiger partial charge on any atom is -0.484 e. The summed E-state index contributed by atoms with van der Waals surface area (Å²) in [4.78, 5) is 35.0. The maximum Gasteiger partial charge on any atom is 0.336 e. The molecule has 1 heterocycles. The molecule has 0 aliphatic carbocycles. The summed E-state index contributed by atoms with van der Waals surface area (Å²) in [6.45, 7) is 0.169. The highest BCUT2D eigenvalue weighted by molar-refractivity contribution is 6.30. The molecule has 0 saturated carbocycles. The lowest BCUT2D eigenvalue weighted by Gasteiger charge is -2.08. The van der Waals surface area contributed by atoms with Crippen molar-refractivity contribution >= 4 is 40.1 Å². The molecule has 0 saturated heterocycles. The number of nitrogens with one attached hydrogen (secondary N) is 2. The molecule has 0 bridgehead atoms. The first-order valence-corrected chi connectivity index (χ1v) is 9.36. The number of ether oxygens (including phenoxy) is 1. The molecular weight excluding hydrogens is 396 g/mol. The van der Waals surface area contributed by atoms with E-state index in [1.807, 2.05) is 0 Å². The summed E-state index contributed by atoms with van der Waals surface area (Å²) in [7, 11) is 0. The first-order valence-electron chi connectivity index (χ1n) is 8.98. The highest BCUT2D eigenvalue weighted by Gasteiger charge is 2.06. The summed E-state index contributed by atoms with van der Waals surface area (Å²) in [6, 6.07) is 14.8. The van der Waals surface area contributed by atoms with Crippen LogP contribution >= 0.6 is 11.6 Å². The lowest BCUT2D eigenvalue weighted by Crippen LogP contribution is -2.30. The molecule has 0 aliphatic heterocycles. The van der Waals surface area contributed by atoms with Crippen LogP contribution in [0.4, 0.5) is 5.69 Å². The third kappa shape index (κ3) is 6.36. The fourth-order valence-corrected chi connectivity index (χ4v) is 2.69. The van der Waals surface area contributed by atoms with Gasteiger partial charge in [0.25, 0.3) is 5.91 Å². The molecule has 0 aliphatic rings. The molecule has 3 rings (SSSR count). The zero-order valence-electron chi connectivity index (χ0n) is 15.4. The van der Waals surface area contributed by atoms with Crippen molar-refractivity contribution in [3.05, 3.63) is 70.0 Å². The predicted octanol–water partition coefficient (Wildman–Crippen LogP) is 3.36. The summed E-state index contributed by atoms with van der Waals surface area (Å²) in [6.07, 6.45) is 0.764. The summed E-state index contributed by atoms with van der Waals surface area (Å²) in [5, 5.41) is 6.81. The second-order valence-electron chi connectivity index (χ2n) is 6.25. The lowest BCUT2D eigenvalue weighted by atomic mass is 10.2. The fraction of sp³-hybridized carbons (Fsp3) is 0.190. The normalized spacial score (nSPS) is 10.5. The zero-order chi connectivity index (χ0) is 20.6. The van der Waals surface area contributed by atoms with Crippen molar-refractivity contribution in [2.75, 3.05) is 18.5 Å². The van der Waals surface area contributed by atoms with Crippen LogP contribution in [0.1, 0.15) is 12.8 Å². The second kappa shape index (κ2) is 9.75. The van der Waals surface area contributed by atoms with Crippen LogP contribution in [-0.4, -0.2) is 25.0 Å². The van der Waals surface area contributed by atoms with Gasteiger partial charge in [-0.25, -0.2) is 4.79 Å². The van der Waals surface area contributed by atoms with E-state index in [1.54, 1.807) is 48.5 Å². The Hall–Kier alpha value is -3.32. The molecule has 7 nitrogen and oxygen atoms in total. The first-order chi connectivity index (χ1) is 14.0. The van der Waals surface area contributed by atoms with Crippen LogP contribution in [0.5, 0.6) is 5.75 Å². The number of fused-ring (bicyclic) bond motifs is 1. The van der Waals surface area contributed by atoms with Gasteiger partial charge in [0.1, 0.15) is 11.3 Å². The van der Waals surface area contributed by atoms with E-state index < -0.39 is 5.63 Å². The fourth-order valence-electron chi connectivity index (χ4n) is 2.56. The standard InChI is InChI=1S/C21H19ClN2O5/c22-15-5-7-16(8-6-15)24-19(25)2-1-11-23-20(26)13-28-17-9-3-14-4-10-21(27)29-18(14)12-17/h3-10,12H,1-2,11,13H2,(H,23,26)(H,24,25). The van der Waals surface area contributed by atoms with E-state index in [0.717, 1.165) is 5.39 Å². The summed E-state index contributed by atoms with van der Waals surface area (Å²) < 4.78 is 10.5. The monoisotopic (exact) mass is 414 g/mol. The molecule has 0 unspecified atom stereocenters. The molecule has 150 valence electrons. The van der Waals surface area contributed by atoms with Crippen LogP contribution < -0.4 is 21.0 Å². The third-order valence-electron chi connectivity index (χ3n) is 4.00. The summed E-state index contributed by atoms with van der Waals surface area (Å²) >= 11 is 5.80. The minimum absolute atomic E-state index is 0.143. The van der Waals surface area contributed by atoms with E-state index in [9.17, 15) is 14.4 Å². The van der Waals surface area contributed by atoms with Gasteiger partial charge in [0.15, 0.2) is 6.61 Å². The van der Waals surface area contributed by atoms with Gasteiger partial charge in [-0.15, -0.1) is 0 Å². The Balaban J connectivity index is 1.36. The molecule has 2 N–H and O–H groups in total. The Bertz CT molecular complexity index is 1060. The summed E-state index contributed by atoms with van der Waals surface area (Å²) in [5.41, 5.74) is 0.609. The van der Waals surface area contributed by atoms with E-state index in [2.05, 4.69) is 10.6 Å². The van der Waals surface area contributed by atoms with Gasteiger partial charge in [-0.1, -0.05) is 11.6 Å². The van der Waals surface area contributed by atoms with Crippen LogP contribution in [0.2, 0.25) is 5.02 Å². The van der Waals surface area contributed by atoms with Crippen molar-refractivity contribution in [1.29, 1.82) is 0 Å². The molecule has 0 spiro atoms. The van der Waals surface area contributed by atoms with E-state index in [4.69, 9.17) is 20.8 Å². The quantitative estimate of drug-likeness (QED) is 0.435. The topological polar surface area (TPSA) is 97.6 Å². The van der Waals surface area contributed by atoms with Gasteiger partial charge in [-0.05, 0) is 48.9 Å². The molecule has 2 amide bonds. The number of amides is 2. The third-order valence-corrected chi connectivity index (χ3v) is 4.25. The second-order valence-corrected chi connectivity index (χ2v) is 6.69. The van der Waals surface area contributed by atoms with Gasteiger partial charge in [0, 0.05) is 41.2 Å². The van der Waals surface area contributed by atoms with Crippen molar-refractivity contribution in [3.63, 3.8) is 0 Å². The van der Waals surface area contributed by atoms with Gasteiger partial charge in [-0.2, -0.15) is 0 Å². The van der Waals surface area contributed by atoms with Gasteiger partial charge < -0.3 is 19.8 Å². The molecule has 29 heavy (non-hydrogen) atoms. The highest BCUT2D eigenvalue weighted by atomic mass is 35.5. The molecule has 0 radical (unpaired) electrons. The van der Waals surface area contributed by atoms with Crippen molar-refractivity contribution in [1.82, 2.24) is 5.32 Å². The maximum atomic E-state index is 11.9. The number of carbonyl (C=O) groups excluding carboxylic acids is 2. The van der Waals surface area contributed by atoms with E-state index in [-0.39, 0.29) is 24.8 Å². The SMILES string of the molecule is O=C(COc1ccc2ccc(=O)oc2c1)NCCCC(=O)Nc1ccc(Cl)cc1. The summed E-state index contributed by atoms with van der Waals surface area (Å²) in [5.74, 6) is -0.0301. The maximum absolute atomic E-state index is 11.9. The molecule has 0 atom stereocenters. The van der Waals surface area contributed by atoms with E-state index in [0.29, 0.717) is 35.0 Å². The number of halogens is 1. The van der Waals surface area contributed by atoms with Crippen molar-refractivity contribution in [3.8, 4) is 5.75 Å². The minimum atomic E-state index is -0.451. The highest BCUT2D eigenvalue weighted by Crippen LogP contribution is 2.19. The van der Waals surface area contributed by atoms with Crippen LogP contribution in [0.25, 0.3) is 11.0 Å². The van der Waals surface area contributed by atoms with Gasteiger partial charge >= 0.3 is 5.63 Å². The Labute approximate surface area is 171 Å². The van der Waals surface area contributed by atoms with E-state index >= 15 is 0 Å². The number of rotatable bonds is 8. The van der Waals surface area contributed by atoms with Crippen molar-refractivity contribution in [2.24, 2.45) is 0 Å². The van der Waals surface area contributed by atoms with Gasteiger partial charge in [0.2, 0.25) is 5.91 Å². The van der Waals surface area contributed by atoms with E-state index in [1.165, 1.54) is 6.07 Å². The number of hydrogen-bond acceptors (Lipinski definition) is 5. The average molecular weight is 415 g/mol. The van der Waals surface area contributed by atoms with Gasteiger partial charge in [-0.3, -0.25) is 9.59 Å². The number of hydrogen-bond donors (Lipinski definition) is 2. The lowest BCUT2D eigenvalue weighted by molar-refractivity contribution is -0.123. The first kappa shape index (κ1) is 20.4. The zero-order valence-corrected chi connectivity index (χ0v) is 16.2. The largest absolute Gasteiger partial charge is 0.484 e. The Morgan fingerprint density at radius 3 is 2.55 bits per heavy atom. The Morgan fingerprint density at radius 2 is 1.76 bits per heavy atom. The predicted molar refractivity (Wildman–Crippen MR) is 110 cm³/mol. The van der Waals surface area contributed by atoms with Crippen molar-refractivity contribution < 1.29 is 18.7 Å². The molecule has 2 aromatic carbocycles. The van der Waals surface area contributed by atoms with Crippen molar-refractivity contribution in [2.45, 2.75) is 12.8 Å². The number of carbonyl (C=O) groups is 2.